The Bertz CT molecular complexity index is 1110. The molecule has 1 aliphatic rings. The van der Waals surface area contributed by atoms with E-state index in [9.17, 15) is 0 Å². The van der Waals surface area contributed by atoms with Crippen LogP contribution in [0.1, 0.15) is 23.6 Å². The van der Waals surface area contributed by atoms with Crippen LogP contribution in [0.25, 0.3) is 21.9 Å². The summed E-state index contributed by atoms with van der Waals surface area (Å²) in [5.74, 6) is 0. The Morgan fingerprint density at radius 2 is 1.44 bits per heavy atom. The molecule has 5 rings (SSSR count). The maximum atomic E-state index is 6.40. The standard InChI is InChI=1S/C24H17Cl/c1-24(17-8-3-2-4-9-17)22-15-18(25)12-14-20(22)21-13-11-16-7-5-6-10-19(16)23(21)24/h2-15H,1H3. The Kier molecular flexibility index (Phi) is 3.07. The number of halogens is 1. The second-order valence-electron chi connectivity index (χ2n) is 6.89. The van der Waals surface area contributed by atoms with E-state index >= 15 is 0 Å². The van der Waals surface area contributed by atoms with Crippen molar-refractivity contribution in [2.75, 3.05) is 0 Å². The lowest BCUT2D eigenvalue weighted by Crippen LogP contribution is -2.22. The van der Waals surface area contributed by atoms with Crippen LogP contribution in [0.4, 0.5) is 0 Å². The average Bonchev–Trinajstić information content (AvgIpc) is 2.92. The highest BCUT2D eigenvalue weighted by Gasteiger charge is 2.41. The van der Waals surface area contributed by atoms with Crippen molar-refractivity contribution in [3.63, 3.8) is 0 Å². The van der Waals surface area contributed by atoms with Crippen molar-refractivity contribution in [3.05, 3.63) is 107 Å². The highest BCUT2D eigenvalue weighted by atomic mass is 35.5. The van der Waals surface area contributed by atoms with Crippen LogP contribution in [-0.4, -0.2) is 0 Å². The van der Waals surface area contributed by atoms with Gasteiger partial charge in [-0.15, -0.1) is 0 Å². The molecule has 4 aromatic rings. The van der Waals surface area contributed by atoms with Crippen LogP contribution in [0, 0.1) is 0 Å². The van der Waals surface area contributed by atoms with E-state index in [1.807, 2.05) is 6.07 Å². The molecule has 0 fully saturated rings. The van der Waals surface area contributed by atoms with E-state index in [1.165, 1.54) is 38.6 Å². The average molecular weight is 341 g/mol. The first-order chi connectivity index (χ1) is 12.2. The number of hydrogen-bond donors (Lipinski definition) is 0. The molecule has 0 heterocycles. The van der Waals surface area contributed by atoms with Gasteiger partial charge in [-0.2, -0.15) is 0 Å². The quantitative estimate of drug-likeness (QED) is 0.356. The van der Waals surface area contributed by atoms with Crippen molar-refractivity contribution in [2.24, 2.45) is 0 Å². The highest BCUT2D eigenvalue weighted by molar-refractivity contribution is 6.30. The van der Waals surface area contributed by atoms with Gasteiger partial charge in [-0.05, 0) is 57.6 Å². The van der Waals surface area contributed by atoms with E-state index in [2.05, 4.69) is 85.8 Å². The first-order valence-corrected chi connectivity index (χ1v) is 8.95. The Labute approximate surface area is 152 Å². The van der Waals surface area contributed by atoms with Crippen LogP contribution >= 0.6 is 11.6 Å². The smallest absolute Gasteiger partial charge is 0.0442 e. The summed E-state index contributed by atoms with van der Waals surface area (Å²) in [6.45, 7) is 2.33. The van der Waals surface area contributed by atoms with Crippen LogP contribution < -0.4 is 0 Å². The fourth-order valence-corrected chi connectivity index (χ4v) is 4.58. The van der Waals surface area contributed by atoms with Gasteiger partial charge in [-0.25, -0.2) is 0 Å². The fraction of sp³-hybridized carbons (Fsp3) is 0.0833. The second kappa shape index (κ2) is 5.21. The largest absolute Gasteiger partial charge is 0.0843 e. The zero-order valence-electron chi connectivity index (χ0n) is 14.0. The van der Waals surface area contributed by atoms with Gasteiger partial charge in [0.05, 0.1) is 0 Å². The van der Waals surface area contributed by atoms with Crippen molar-refractivity contribution in [2.45, 2.75) is 12.3 Å². The first kappa shape index (κ1) is 14.7. The van der Waals surface area contributed by atoms with Crippen molar-refractivity contribution in [1.82, 2.24) is 0 Å². The molecular formula is C24H17Cl. The van der Waals surface area contributed by atoms with Gasteiger partial charge in [0.15, 0.2) is 0 Å². The van der Waals surface area contributed by atoms with Crippen LogP contribution in [0.15, 0.2) is 84.9 Å². The van der Waals surface area contributed by atoms with Gasteiger partial charge < -0.3 is 0 Å². The summed E-state index contributed by atoms with van der Waals surface area (Å²) < 4.78 is 0. The summed E-state index contributed by atoms with van der Waals surface area (Å²) in [6.07, 6.45) is 0. The van der Waals surface area contributed by atoms with Crippen molar-refractivity contribution < 1.29 is 0 Å². The molecule has 0 nitrogen and oxygen atoms in total. The Balaban J connectivity index is 1.97. The number of hydrogen-bond acceptors (Lipinski definition) is 0. The molecule has 25 heavy (non-hydrogen) atoms. The molecule has 0 saturated carbocycles. The lowest BCUT2D eigenvalue weighted by Gasteiger charge is -2.29. The first-order valence-electron chi connectivity index (χ1n) is 8.58. The second-order valence-corrected chi connectivity index (χ2v) is 7.33. The molecule has 0 saturated heterocycles. The summed E-state index contributed by atoms with van der Waals surface area (Å²) in [6, 6.07) is 30.2. The zero-order valence-corrected chi connectivity index (χ0v) is 14.7. The van der Waals surface area contributed by atoms with E-state index in [4.69, 9.17) is 11.6 Å². The van der Waals surface area contributed by atoms with E-state index in [0.29, 0.717) is 0 Å². The topological polar surface area (TPSA) is 0 Å². The molecular weight excluding hydrogens is 324 g/mol. The molecule has 0 amide bonds. The van der Waals surface area contributed by atoms with Gasteiger partial charge in [0.25, 0.3) is 0 Å². The maximum Gasteiger partial charge on any atom is 0.0442 e. The van der Waals surface area contributed by atoms with Gasteiger partial charge >= 0.3 is 0 Å². The number of fused-ring (bicyclic) bond motifs is 5. The molecule has 0 aromatic heterocycles. The minimum Gasteiger partial charge on any atom is -0.0843 e. The van der Waals surface area contributed by atoms with Gasteiger partial charge in [0, 0.05) is 10.4 Å². The SMILES string of the molecule is CC1(c2ccccc2)c2cc(Cl)ccc2-c2ccc3ccccc3c21. The van der Waals surface area contributed by atoms with Gasteiger partial charge in [-0.3, -0.25) is 0 Å². The van der Waals surface area contributed by atoms with Crippen LogP contribution in [-0.2, 0) is 5.41 Å². The molecule has 0 spiro atoms. The van der Waals surface area contributed by atoms with Crippen LogP contribution in [0.5, 0.6) is 0 Å². The highest BCUT2D eigenvalue weighted by Crippen LogP contribution is 2.54. The van der Waals surface area contributed by atoms with E-state index < -0.39 is 0 Å². The lowest BCUT2D eigenvalue weighted by molar-refractivity contribution is 0.720. The normalized spacial score (nSPS) is 18.2. The molecule has 0 bridgehead atoms. The maximum absolute atomic E-state index is 6.40. The number of rotatable bonds is 1. The summed E-state index contributed by atoms with van der Waals surface area (Å²) in [7, 11) is 0. The molecule has 0 radical (unpaired) electrons. The van der Waals surface area contributed by atoms with Crippen LogP contribution in [0.3, 0.4) is 0 Å². The molecule has 1 unspecified atom stereocenters. The monoisotopic (exact) mass is 340 g/mol. The molecule has 1 atom stereocenters. The molecule has 1 aliphatic carbocycles. The molecule has 0 aliphatic heterocycles. The third-order valence-corrected chi connectivity index (χ3v) is 5.83. The minimum atomic E-state index is -0.211. The summed E-state index contributed by atoms with van der Waals surface area (Å²) in [5, 5.41) is 3.39. The van der Waals surface area contributed by atoms with Crippen molar-refractivity contribution in [1.29, 1.82) is 0 Å². The Morgan fingerprint density at radius 1 is 0.720 bits per heavy atom. The molecule has 0 N–H and O–H groups in total. The van der Waals surface area contributed by atoms with Crippen molar-refractivity contribution >= 4 is 22.4 Å². The third-order valence-electron chi connectivity index (χ3n) is 5.59. The third kappa shape index (κ3) is 1.95. The summed E-state index contributed by atoms with van der Waals surface area (Å²) >= 11 is 6.40. The lowest BCUT2D eigenvalue weighted by atomic mass is 9.73. The minimum absolute atomic E-state index is 0.211. The van der Waals surface area contributed by atoms with Gasteiger partial charge in [-0.1, -0.05) is 84.4 Å². The van der Waals surface area contributed by atoms with Gasteiger partial charge in [0.2, 0.25) is 0 Å². The van der Waals surface area contributed by atoms with Crippen molar-refractivity contribution in [3.8, 4) is 11.1 Å². The number of benzene rings is 4. The predicted octanol–water partition coefficient (Wildman–Crippen LogP) is 6.83. The summed E-state index contributed by atoms with van der Waals surface area (Å²) in [5.41, 5.74) is 6.37. The molecule has 4 aromatic carbocycles. The molecule has 120 valence electrons. The van der Waals surface area contributed by atoms with Gasteiger partial charge in [0.1, 0.15) is 0 Å². The molecule has 1 heteroatoms. The Morgan fingerprint density at radius 3 is 2.28 bits per heavy atom. The summed E-state index contributed by atoms with van der Waals surface area (Å²) in [4.78, 5) is 0. The van der Waals surface area contributed by atoms with E-state index in [-0.39, 0.29) is 5.41 Å². The van der Waals surface area contributed by atoms with E-state index in [0.717, 1.165) is 5.02 Å². The van der Waals surface area contributed by atoms with E-state index in [1.54, 1.807) is 0 Å². The Hall–Kier alpha value is -2.57. The fourth-order valence-electron chi connectivity index (χ4n) is 4.41. The zero-order chi connectivity index (χ0) is 17.0. The van der Waals surface area contributed by atoms with Crippen LogP contribution in [0.2, 0.25) is 5.02 Å². The predicted molar refractivity (Wildman–Crippen MR) is 106 cm³/mol.